The van der Waals surface area contributed by atoms with Crippen molar-refractivity contribution in [3.63, 3.8) is 0 Å². The van der Waals surface area contributed by atoms with Crippen LogP contribution in [0.4, 0.5) is 68.2 Å². The van der Waals surface area contributed by atoms with Crippen LogP contribution in [0.25, 0.3) is 21.9 Å². The average molecular weight is 1080 g/mol. The van der Waals surface area contributed by atoms with Crippen molar-refractivity contribution in [1.82, 2.24) is 0 Å². The lowest BCUT2D eigenvalue weighted by molar-refractivity contribution is 0.411. The standard InChI is InChI=1S/C76H63B2N5O/c1-47(52-24-12-21-48-18-8-9-20-53(48)38-52)54-39-67-73-69(40-54)82(55-28-4-2-5-29-55)65-45-71-58(43-62(65)77(73)60-32-13-22-50-26-16-36-80(67)75(50)60)59-44-63-66(46-72(59)84-71)83(56-30-6-3-7-31-56)70-42-57(79-35-15-25-49-19-10-11-34-64(49)79)41-68-74(70)78(63)61-33-14-23-51-27-17-37-81(68)76(51)61/h2-11,13-14,18-20,22-23,28-34,39-47,52H,12,15-17,21,24-27,35-38H2,1H3. The molecule has 11 aromatic rings. The number of aryl methyl sites for hydroxylation is 4. The molecule has 10 aromatic carbocycles. The molecule has 8 aliphatic rings. The molecule has 0 N–H and O–H groups in total. The van der Waals surface area contributed by atoms with Gasteiger partial charge in [0.1, 0.15) is 11.2 Å². The summed E-state index contributed by atoms with van der Waals surface area (Å²) < 4.78 is 7.47. The molecule has 8 heterocycles. The lowest BCUT2D eigenvalue weighted by Crippen LogP contribution is -2.62. The number of anilines is 12. The first-order valence-corrected chi connectivity index (χ1v) is 31.4. The molecule has 0 bridgehead atoms. The van der Waals surface area contributed by atoms with E-state index in [9.17, 15) is 0 Å². The fourth-order valence-corrected chi connectivity index (χ4v) is 17.5. The van der Waals surface area contributed by atoms with Gasteiger partial charge < -0.3 is 28.9 Å². The van der Waals surface area contributed by atoms with Crippen LogP contribution in [0.1, 0.15) is 78.3 Å². The SMILES string of the molecule is CC(c1cc2c3c(c1)N(c1ccccc1)c1cc4oc5cc6c(cc5c4cc1B3c1cccc3c1N2CCC3)B1c2cccc3c2N(CCC3)c2cc(N3CCCc4ccccc43)cc(c21)N6c1ccccc1)C1CCCc2ccccc2C1. The minimum atomic E-state index is 0.0245. The van der Waals surface area contributed by atoms with Gasteiger partial charge in [-0.25, -0.2) is 0 Å². The van der Waals surface area contributed by atoms with Crippen LogP contribution in [-0.4, -0.2) is 33.1 Å². The van der Waals surface area contributed by atoms with E-state index in [2.05, 4.69) is 226 Å². The first-order chi connectivity index (χ1) is 41.6. The van der Waals surface area contributed by atoms with Gasteiger partial charge in [0.25, 0.3) is 13.4 Å². The Morgan fingerprint density at radius 1 is 0.393 bits per heavy atom. The molecule has 0 radical (unpaired) electrons. The highest BCUT2D eigenvalue weighted by molar-refractivity contribution is 7.01. The second kappa shape index (κ2) is 18.1. The summed E-state index contributed by atoms with van der Waals surface area (Å²) in [5, 5.41) is 2.36. The van der Waals surface area contributed by atoms with E-state index >= 15 is 0 Å². The van der Waals surface area contributed by atoms with Crippen molar-refractivity contribution < 1.29 is 4.42 Å². The number of furan rings is 1. The smallest absolute Gasteiger partial charge is 0.252 e. The van der Waals surface area contributed by atoms with Crippen LogP contribution in [0.15, 0.2) is 199 Å². The minimum absolute atomic E-state index is 0.0245. The fraction of sp³-hybridized carbons (Fsp3) is 0.211. The Morgan fingerprint density at radius 2 is 0.881 bits per heavy atom. The van der Waals surface area contributed by atoms with Gasteiger partial charge in [-0.3, -0.25) is 0 Å². The highest BCUT2D eigenvalue weighted by Gasteiger charge is 2.48. The molecule has 2 atom stereocenters. The number of benzene rings is 10. The van der Waals surface area contributed by atoms with Gasteiger partial charge in [-0.05, 0) is 197 Å². The van der Waals surface area contributed by atoms with Crippen molar-refractivity contribution in [2.75, 3.05) is 44.1 Å². The number of nitrogens with zero attached hydrogens (tertiary/aromatic N) is 5. The summed E-state index contributed by atoms with van der Waals surface area (Å²) in [6, 6.07) is 75.4. The van der Waals surface area contributed by atoms with Crippen LogP contribution in [0.2, 0.25) is 0 Å². The molecule has 1 aliphatic carbocycles. The molecule has 84 heavy (non-hydrogen) atoms. The zero-order valence-corrected chi connectivity index (χ0v) is 47.6. The molecular weight excluding hydrogens is 1020 g/mol. The zero-order chi connectivity index (χ0) is 54.9. The highest BCUT2D eigenvalue weighted by Crippen LogP contribution is 2.51. The Morgan fingerprint density at radius 3 is 1.51 bits per heavy atom. The predicted octanol–water partition coefficient (Wildman–Crippen LogP) is 14.4. The van der Waals surface area contributed by atoms with E-state index < -0.39 is 0 Å². The van der Waals surface area contributed by atoms with E-state index in [0.29, 0.717) is 11.8 Å². The lowest BCUT2D eigenvalue weighted by atomic mass is 9.33. The van der Waals surface area contributed by atoms with Gasteiger partial charge in [-0.2, -0.15) is 0 Å². The number of fused-ring (bicyclic) bond motifs is 13. The molecule has 0 spiro atoms. The van der Waals surface area contributed by atoms with E-state index in [1.807, 2.05) is 0 Å². The Labute approximate surface area is 492 Å². The van der Waals surface area contributed by atoms with E-state index in [1.54, 1.807) is 5.56 Å². The van der Waals surface area contributed by atoms with Gasteiger partial charge in [-0.15, -0.1) is 0 Å². The summed E-state index contributed by atoms with van der Waals surface area (Å²) in [5.74, 6) is 0.927. The molecule has 7 aliphatic heterocycles. The van der Waals surface area contributed by atoms with Crippen molar-refractivity contribution in [3.8, 4) is 0 Å². The molecule has 8 heteroatoms. The van der Waals surface area contributed by atoms with Crippen LogP contribution in [-0.2, 0) is 32.1 Å². The van der Waals surface area contributed by atoms with Crippen molar-refractivity contribution in [2.45, 2.75) is 77.0 Å². The van der Waals surface area contributed by atoms with Crippen LogP contribution in [0.5, 0.6) is 0 Å². The fourth-order valence-electron chi connectivity index (χ4n) is 17.5. The van der Waals surface area contributed by atoms with E-state index in [1.165, 1.54) is 153 Å². The first kappa shape index (κ1) is 47.6. The Bertz CT molecular complexity index is 4590. The molecule has 0 amide bonds. The van der Waals surface area contributed by atoms with E-state index in [-0.39, 0.29) is 13.4 Å². The molecule has 2 unspecified atom stereocenters. The summed E-state index contributed by atoms with van der Waals surface area (Å²) in [7, 11) is 0. The second-order valence-corrected chi connectivity index (χ2v) is 25.5. The van der Waals surface area contributed by atoms with Crippen LogP contribution in [0, 0.1) is 5.92 Å². The third kappa shape index (κ3) is 6.77. The maximum Gasteiger partial charge on any atom is 0.252 e. The Balaban J connectivity index is 0.848. The van der Waals surface area contributed by atoms with Crippen LogP contribution in [0.3, 0.4) is 0 Å². The largest absolute Gasteiger partial charge is 0.456 e. The molecule has 404 valence electrons. The monoisotopic (exact) mass is 1080 g/mol. The van der Waals surface area contributed by atoms with Crippen molar-refractivity contribution in [1.29, 1.82) is 0 Å². The van der Waals surface area contributed by atoms with Gasteiger partial charge in [0.15, 0.2) is 0 Å². The predicted molar refractivity (Wildman–Crippen MR) is 353 cm³/mol. The van der Waals surface area contributed by atoms with Gasteiger partial charge >= 0.3 is 0 Å². The molecule has 0 fully saturated rings. The summed E-state index contributed by atoms with van der Waals surface area (Å²) in [6.45, 7) is 5.61. The Kier molecular flexibility index (Phi) is 10.2. The molecular formula is C76H63B2N5O. The number of rotatable bonds is 5. The summed E-state index contributed by atoms with van der Waals surface area (Å²) in [5.41, 5.74) is 34.5. The van der Waals surface area contributed by atoms with Crippen LogP contribution >= 0.6 is 0 Å². The van der Waals surface area contributed by atoms with E-state index in [0.717, 1.165) is 81.4 Å². The van der Waals surface area contributed by atoms with Gasteiger partial charge in [0.05, 0.1) is 0 Å². The molecule has 19 rings (SSSR count). The molecule has 1 aromatic heterocycles. The van der Waals surface area contributed by atoms with Crippen molar-refractivity contribution >= 4 is 136 Å². The third-order valence-electron chi connectivity index (χ3n) is 21.2. The number of hydrogen-bond donors (Lipinski definition) is 0. The molecule has 0 saturated carbocycles. The second-order valence-electron chi connectivity index (χ2n) is 25.5. The van der Waals surface area contributed by atoms with Gasteiger partial charge in [-0.1, -0.05) is 134 Å². The summed E-state index contributed by atoms with van der Waals surface area (Å²) >= 11 is 0. The maximum absolute atomic E-state index is 7.47. The highest BCUT2D eigenvalue weighted by atomic mass is 16.3. The first-order valence-electron chi connectivity index (χ1n) is 31.4. The Hall–Kier alpha value is -8.87. The van der Waals surface area contributed by atoms with Crippen molar-refractivity contribution in [3.05, 3.63) is 228 Å². The average Bonchev–Trinajstić information content (AvgIpc) is 1.16. The van der Waals surface area contributed by atoms with Gasteiger partial charge in [0.2, 0.25) is 0 Å². The molecule has 6 nitrogen and oxygen atoms in total. The maximum atomic E-state index is 7.47. The van der Waals surface area contributed by atoms with Gasteiger partial charge in [0, 0.05) is 111 Å². The topological polar surface area (TPSA) is 29.3 Å². The zero-order valence-electron chi connectivity index (χ0n) is 47.6. The third-order valence-corrected chi connectivity index (χ3v) is 21.2. The minimum Gasteiger partial charge on any atom is -0.456 e. The van der Waals surface area contributed by atoms with Crippen LogP contribution < -0.4 is 57.3 Å². The molecule has 0 saturated heterocycles. The quantitative estimate of drug-likeness (QED) is 0.126. The normalized spacial score (nSPS) is 17.8. The van der Waals surface area contributed by atoms with E-state index in [4.69, 9.17) is 4.42 Å². The lowest BCUT2D eigenvalue weighted by Gasteiger charge is -2.47. The summed E-state index contributed by atoms with van der Waals surface area (Å²) in [6.07, 6.45) is 11.5. The number of para-hydroxylation sites is 5. The summed E-state index contributed by atoms with van der Waals surface area (Å²) in [4.78, 5) is 13.2. The van der Waals surface area contributed by atoms with Crippen molar-refractivity contribution in [2.24, 2.45) is 5.92 Å². The number of hydrogen-bond acceptors (Lipinski definition) is 6.